The molecule has 0 aliphatic rings. The summed E-state index contributed by atoms with van der Waals surface area (Å²) in [6.07, 6.45) is 1.23. The molecule has 0 unspecified atom stereocenters. The third-order valence-corrected chi connectivity index (χ3v) is 3.75. The summed E-state index contributed by atoms with van der Waals surface area (Å²) in [5, 5.41) is 1.91. The molecule has 0 atom stereocenters. The normalized spacial score (nSPS) is 11.7. The molecule has 0 spiro atoms. The third kappa shape index (κ3) is 3.52. The Balaban J connectivity index is 2.56. The van der Waals surface area contributed by atoms with Gasteiger partial charge in [0.25, 0.3) is 0 Å². The molecule has 78 valence electrons. The molecular formula is C10H14BrNOS. The number of nitrogens with two attached hydrogens (primary N) is 1. The maximum Gasteiger partial charge on any atom is 0.174 e. The standard InChI is InChI=1S/C10H14BrNOS/c1-10(2,12)5-3-8(13)9-7(11)4-6-14-9/h4,6H,3,5,12H2,1-2H3. The van der Waals surface area contributed by atoms with Gasteiger partial charge in [-0.05, 0) is 47.6 Å². The molecule has 0 saturated carbocycles. The van der Waals surface area contributed by atoms with Crippen LogP contribution in [0, 0.1) is 0 Å². The first-order chi connectivity index (χ1) is 6.40. The van der Waals surface area contributed by atoms with E-state index >= 15 is 0 Å². The van der Waals surface area contributed by atoms with E-state index in [1.54, 1.807) is 0 Å². The van der Waals surface area contributed by atoms with E-state index in [0.29, 0.717) is 6.42 Å². The van der Waals surface area contributed by atoms with Crippen LogP contribution in [0.3, 0.4) is 0 Å². The van der Waals surface area contributed by atoms with Gasteiger partial charge in [-0.3, -0.25) is 4.79 Å². The van der Waals surface area contributed by atoms with Crippen LogP contribution in [0.15, 0.2) is 15.9 Å². The zero-order valence-corrected chi connectivity index (χ0v) is 10.7. The molecule has 1 aromatic heterocycles. The molecule has 2 nitrogen and oxygen atoms in total. The topological polar surface area (TPSA) is 43.1 Å². The van der Waals surface area contributed by atoms with Crippen molar-refractivity contribution in [3.8, 4) is 0 Å². The molecule has 2 N–H and O–H groups in total. The second kappa shape index (κ2) is 4.55. The molecule has 0 aromatic carbocycles. The van der Waals surface area contributed by atoms with E-state index < -0.39 is 0 Å². The van der Waals surface area contributed by atoms with Crippen LogP contribution in [-0.4, -0.2) is 11.3 Å². The Hall–Kier alpha value is -0.190. The van der Waals surface area contributed by atoms with Crippen molar-refractivity contribution < 1.29 is 4.79 Å². The van der Waals surface area contributed by atoms with Crippen LogP contribution in [0.1, 0.15) is 36.4 Å². The summed E-state index contributed by atoms with van der Waals surface area (Å²) in [6.45, 7) is 3.87. The highest BCUT2D eigenvalue weighted by Gasteiger charge is 2.16. The highest BCUT2D eigenvalue weighted by molar-refractivity contribution is 9.10. The van der Waals surface area contributed by atoms with Crippen LogP contribution in [0.2, 0.25) is 0 Å². The second-order valence-electron chi connectivity index (χ2n) is 4.01. The highest BCUT2D eigenvalue weighted by atomic mass is 79.9. The number of ketones is 1. The van der Waals surface area contributed by atoms with E-state index in [-0.39, 0.29) is 11.3 Å². The molecular weight excluding hydrogens is 262 g/mol. The molecule has 0 aliphatic heterocycles. The van der Waals surface area contributed by atoms with E-state index in [1.165, 1.54) is 11.3 Å². The van der Waals surface area contributed by atoms with E-state index in [4.69, 9.17) is 5.73 Å². The van der Waals surface area contributed by atoms with Crippen LogP contribution in [0.4, 0.5) is 0 Å². The van der Waals surface area contributed by atoms with Gasteiger partial charge in [-0.15, -0.1) is 11.3 Å². The Morgan fingerprint density at radius 3 is 2.71 bits per heavy atom. The van der Waals surface area contributed by atoms with E-state index in [1.807, 2.05) is 25.3 Å². The Morgan fingerprint density at radius 2 is 2.29 bits per heavy atom. The van der Waals surface area contributed by atoms with E-state index in [2.05, 4.69) is 15.9 Å². The van der Waals surface area contributed by atoms with Crippen molar-refractivity contribution in [2.24, 2.45) is 5.73 Å². The van der Waals surface area contributed by atoms with Crippen LogP contribution in [0.5, 0.6) is 0 Å². The minimum atomic E-state index is -0.264. The fourth-order valence-electron chi connectivity index (χ4n) is 1.04. The number of hydrogen-bond donors (Lipinski definition) is 1. The third-order valence-electron chi connectivity index (χ3n) is 1.87. The van der Waals surface area contributed by atoms with Crippen LogP contribution in [0.25, 0.3) is 0 Å². The predicted octanol–water partition coefficient (Wildman–Crippen LogP) is 3.21. The van der Waals surface area contributed by atoms with Crippen LogP contribution in [-0.2, 0) is 0 Å². The number of carbonyl (C=O) groups excluding carboxylic acids is 1. The average Bonchev–Trinajstić information content (AvgIpc) is 2.46. The van der Waals surface area contributed by atoms with Crippen molar-refractivity contribution in [3.05, 3.63) is 20.8 Å². The summed E-state index contributed by atoms with van der Waals surface area (Å²) >= 11 is 4.82. The average molecular weight is 276 g/mol. The Bertz CT molecular complexity index is 327. The first kappa shape index (κ1) is 11.9. The van der Waals surface area contributed by atoms with Gasteiger partial charge in [0.15, 0.2) is 5.78 Å². The molecule has 0 amide bonds. The zero-order valence-electron chi connectivity index (χ0n) is 8.34. The Morgan fingerprint density at radius 1 is 1.64 bits per heavy atom. The summed E-state index contributed by atoms with van der Waals surface area (Å²) in [7, 11) is 0. The Kier molecular flexibility index (Phi) is 3.86. The minimum absolute atomic E-state index is 0.172. The Labute approximate surface area is 96.6 Å². The summed E-state index contributed by atoms with van der Waals surface area (Å²) < 4.78 is 0.891. The van der Waals surface area contributed by atoms with E-state index in [9.17, 15) is 4.79 Å². The largest absolute Gasteiger partial charge is 0.326 e. The number of Topliss-reactive ketones (excluding diaryl/α,β-unsaturated/α-hetero) is 1. The van der Waals surface area contributed by atoms with Gasteiger partial charge in [-0.25, -0.2) is 0 Å². The quantitative estimate of drug-likeness (QED) is 0.858. The molecule has 1 heterocycles. The predicted molar refractivity (Wildman–Crippen MR) is 63.8 cm³/mol. The van der Waals surface area contributed by atoms with Crippen molar-refractivity contribution in [1.29, 1.82) is 0 Å². The molecule has 14 heavy (non-hydrogen) atoms. The summed E-state index contributed by atoms with van der Waals surface area (Å²) in [5.41, 5.74) is 5.55. The van der Waals surface area contributed by atoms with Crippen molar-refractivity contribution in [1.82, 2.24) is 0 Å². The lowest BCUT2D eigenvalue weighted by molar-refractivity contribution is 0.0976. The SMILES string of the molecule is CC(C)(N)CCC(=O)c1sccc1Br. The van der Waals surface area contributed by atoms with Gasteiger partial charge in [0.1, 0.15) is 0 Å². The van der Waals surface area contributed by atoms with Crippen molar-refractivity contribution >= 4 is 33.0 Å². The van der Waals surface area contributed by atoms with Gasteiger partial charge in [0.05, 0.1) is 4.88 Å². The van der Waals surface area contributed by atoms with Gasteiger partial charge in [0, 0.05) is 16.4 Å². The lowest BCUT2D eigenvalue weighted by Crippen LogP contribution is -2.32. The number of hydrogen-bond acceptors (Lipinski definition) is 3. The molecule has 4 heteroatoms. The lowest BCUT2D eigenvalue weighted by Gasteiger charge is -2.17. The maximum absolute atomic E-state index is 11.7. The van der Waals surface area contributed by atoms with Crippen LogP contribution < -0.4 is 5.73 Å². The first-order valence-corrected chi connectivity index (χ1v) is 6.12. The molecule has 0 saturated heterocycles. The number of thiophene rings is 1. The lowest BCUT2D eigenvalue weighted by atomic mass is 9.98. The first-order valence-electron chi connectivity index (χ1n) is 4.45. The van der Waals surface area contributed by atoms with Crippen LogP contribution >= 0.6 is 27.3 Å². The summed E-state index contributed by atoms with van der Waals surface area (Å²) in [5.74, 6) is 0.172. The highest BCUT2D eigenvalue weighted by Crippen LogP contribution is 2.25. The monoisotopic (exact) mass is 275 g/mol. The second-order valence-corrected chi connectivity index (χ2v) is 5.78. The molecule has 0 bridgehead atoms. The zero-order chi connectivity index (χ0) is 10.8. The van der Waals surface area contributed by atoms with E-state index in [0.717, 1.165) is 15.8 Å². The maximum atomic E-state index is 11.7. The van der Waals surface area contributed by atoms with Gasteiger partial charge < -0.3 is 5.73 Å². The number of rotatable bonds is 4. The number of halogens is 1. The van der Waals surface area contributed by atoms with Gasteiger partial charge in [-0.2, -0.15) is 0 Å². The molecule has 0 aliphatic carbocycles. The number of carbonyl (C=O) groups is 1. The molecule has 0 fully saturated rings. The smallest absolute Gasteiger partial charge is 0.174 e. The fraction of sp³-hybridized carbons (Fsp3) is 0.500. The van der Waals surface area contributed by atoms with Crippen molar-refractivity contribution in [2.45, 2.75) is 32.2 Å². The van der Waals surface area contributed by atoms with Crippen molar-refractivity contribution in [2.75, 3.05) is 0 Å². The fourth-order valence-corrected chi connectivity index (χ4v) is 2.60. The minimum Gasteiger partial charge on any atom is -0.326 e. The van der Waals surface area contributed by atoms with Gasteiger partial charge in [0.2, 0.25) is 0 Å². The van der Waals surface area contributed by atoms with Crippen molar-refractivity contribution in [3.63, 3.8) is 0 Å². The van der Waals surface area contributed by atoms with Gasteiger partial charge >= 0.3 is 0 Å². The molecule has 1 aromatic rings. The van der Waals surface area contributed by atoms with Gasteiger partial charge in [-0.1, -0.05) is 0 Å². The summed E-state index contributed by atoms with van der Waals surface area (Å²) in [6, 6.07) is 1.89. The molecule has 0 radical (unpaired) electrons. The summed E-state index contributed by atoms with van der Waals surface area (Å²) in [4.78, 5) is 12.5. The molecule has 1 rings (SSSR count).